The van der Waals surface area contributed by atoms with Crippen molar-refractivity contribution in [3.8, 4) is 28.8 Å². The van der Waals surface area contributed by atoms with E-state index in [0.29, 0.717) is 41.1 Å². The molecule has 11 heteroatoms. The normalized spacial score (nSPS) is 12.1. The van der Waals surface area contributed by atoms with Crippen molar-refractivity contribution in [3.05, 3.63) is 36.1 Å². The van der Waals surface area contributed by atoms with Crippen LogP contribution in [-0.2, 0) is 10.0 Å². The Morgan fingerprint density at radius 1 is 1.06 bits per heavy atom. The van der Waals surface area contributed by atoms with Crippen LogP contribution in [0.4, 0.5) is 5.95 Å². The first-order valence-electron chi connectivity index (χ1n) is 10.2. The van der Waals surface area contributed by atoms with Crippen LogP contribution in [0.15, 0.2) is 34.7 Å². The van der Waals surface area contributed by atoms with Gasteiger partial charge in [0, 0.05) is 14.6 Å². The van der Waals surface area contributed by atoms with Crippen LogP contribution in [0.3, 0.4) is 0 Å². The molecule has 174 valence electrons. The summed E-state index contributed by atoms with van der Waals surface area (Å²) in [5.74, 6) is 2.60. The van der Waals surface area contributed by atoms with Crippen LogP contribution in [-0.4, -0.2) is 58.3 Å². The predicted octanol–water partition coefficient (Wildman–Crippen LogP) is 3.96. The Labute approximate surface area is 190 Å². The average Bonchev–Trinajstić information content (AvgIpc) is 3.31. The zero-order chi connectivity index (χ0) is 23.7. The number of ether oxygens (including phenoxy) is 2. The number of anilines is 1. The second kappa shape index (κ2) is 8.98. The van der Waals surface area contributed by atoms with Crippen molar-refractivity contribution >= 4 is 24.0 Å². The molecule has 0 spiro atoms. The van der Waals surface area contributed by atoms with Crippen LogP contribution in [0.2, 0.25) is 25.7 Å². The molecule has 3 aromatic rings. The zero-order valence-corrected chi connectivity index (χ0v) is 21.4. The molecule has 0 radical (unpaired) electrons. The fourth-order valence-electron chi connectivity index (χ4n) is 3.26. The minimum absolute atomic E-state index is 0.151. The summed E-state index contributed by atoms with van der Waals surface area (Å²) in [4.78, 5) is 0. The highest BCUT2D eigenvalue weighted by Gasteiger charge is 2.31. The van der Waals surface area contributed by atoms with Crippen molar-refractivity contribution in [1.29, 1.82) is 0 Å². The molecular weight excluding hydrogens is 448 g/mol. The van der Waals surface area contributed by atoms with E-state index in [-0.39, 0.29) is 5.95 Å². The van der Waals surface area contributed by atoms with Crippen molar-refractivity contribution < 1.29 is 22.3 Å². The van der Waals surface area contributed by atoms with E-state index >= 15 is 0 Å². The van der Waals surface area contributed by atoms with Crippen LogP contribution in [0.5, 0.6) is 11.5 Å². The summed E-state index contributed by atoms with van der Waals surface area (Å²) in [5.41, 5.74) is 0.489. The highest BCUT2D eigenvalue weighted by Crippen LogP contribution is 2.39. The summed E-state index contributed by atoms with van der Waals surface area (Å²) in [6.45, 7) is 8.70. The smallest absolute Gasteiger partial charge is 0.246 e. The Balaban J connectivity index is 2.33. The minimum atomic E-state index is -3.65. The number of sulfonamides is 1. The predicted molar refractivity (Wildman–Crippen MR) is 127 cm³/mol. The molecule has 0 fully saturated rings. The number of hydrogen-bond acceptors (Lipinski definition) is 7. The number of furan rings is 1. The van der Waals surface area contributed by atoms with Gasteiger partial charge in [0.1, 0.15) is 22.9 Å². The standard InChI is InChI=1S/C21H30N4O5SSi/c1-15-11-12-18(30-15)20-22-23-21(24(31(4,26)27)13-14-32(5,6)7)25(20)19-16(28-2)9-8-10-17(19)29-3/h8-12H,13-14H2,1-7H3. The number of aryl methyl sites for hydroxylation is 1. The Morgan fingerprint density at radius 3 is 2.16 bits per heavy atom. The van der Waals surface area contributed by atoms with Crippen molar-refractivity contribution in [2.24, 2.45) is 0 Å². The van der Waals surface area contributed by atoms with Gasteiger partial charge >= 0.3 is 0 Å². The summed E-state index contributed by atoms with van der Waals surface area (Å²) < 4.78 is 45.6. The molecule has 1 aromatic carbocycles. The molecular formula is C21H30N4O5SSi. The van der Waals surface area contributed by atoms with Crippen LogP contribution < -0.4 is 13.8 Å². The van der Waals surface area contributed by atoms with Gasteiger partial charge in [0.05, 0.1) is 20.5 Å². The lowest BCUT2D eigenvalue weighted by Gasteiger charge is -2.26. The highest BCUT2D eigenvalue weighted by molar-refractivity contribution is 7.92. The lowest BCUT2D eigenvalue weighted by atomic mass is 10.2. The first-order chi connectivity index (χ1) is 15.0. The second-order valence-electron chi connectivity index (χ2n) is 8.73. The number of aromatic nitrogens is 3. The van der Waals surface area contributed by atoms with Gasteiger partial charge in [0.15, 0.2) is 5.76 Å². The molecule has 2 heterocycles. The summed E-state index contributed by atoms with van der Waals surface area (Å²) in [6, 6.07) is 9.67. The maximum absolute atomic E-state index is 12.9. The van der Waals surface area contributed by atoms with Crippen LogP contribution in [0.25, 0.3) is 17.3 Å². The Kier molecular flexibility index (Phi) is 6.70. The third-order valence-corrected chi connectivity index (χ3v) is 7.79. The van der Waals surface area contributed by atoms with Gasteiger partial charge in [-0.05, 0) is 37.2 Å². The van der Waals surface area contributed by atoms with Crippen molar-refractivity contribution in [2.75, 3.05) is 31.3 Å². The summed E-state index contributed by atoms with van der Waals surface area (Å²) in [7, 11) is -2.12. The van der Waals surface area contributed by atoms with Gasteiger partial charge in [-0.3, -0.25) is 4.57 Å². The second-order valence-corrected chi connectivity index (χ2v) is 16.3. The SMILES string of the molecule is COc1cccc(OC)c1-n1c(-c2ccc(C)o2)nnc1N(CC[Si](C)(C)C)S(C)(=O)=O. The van der Waals surface area contributed by atoms with Crippen LogP contribution >= 0.6 is 0 Å². The van der Waals surface area contributed by atoms with E-state index < -0.39 is 18.1 Å². The molecule has 0 saturated carbocycles. The van der Waals surface area contributed by atoms with E-state index in [2.05, 4.69) is 29.8 Å². The molecule has 3 rings (SSSR count). The zero-order valence-electron chi connectivity index (χ0n) is 19.5. The Morgan fingerprint density at radius 2 is 1.69 bits per heavy atom. The van der Waals surface area contributed by atoms with Crippen molar-refractivity contribution in [3.63, 3.8) is 0 Å². The number of hydrogen-bond donors (Lipinski definition) is 0. The molecule has 2 aromatic heterocycles. The summed E-state index contributed by atoms with van der Waals surface area (Å²) in [5, 5.41) is 8.62. The molecule has 0 unspecified atom stereocenters. The van der Waals surface area contributed by atoms with Gasteiger partial charge < -0.3 is 13.9 Å². The van der Waals surface area contributed by atoms with E-state index in [1.54, 1.807) is 43.1 Å². The number of nitrogens with zero attached hydrogens (tertiary/aromatic N) is 4. The molecule has 9 nitrogen and oxygen atoms in total. The third-order valence-electron chi connectivity index (χ3n) is 4.92. The lowest BCUT2D eigenvalue weighted by molar-refractivity contribution is 0.391. The van der Waals surface area contributed by atoms with E-state index in [9.17, 15) is 8.42 Å². The average molecular weight is 479 g/mol. The number of benzene rings is 1. The summed E-state index contributed by atoms with van der Waals surface area (Å²) in [6.07, 6.45) is 1.17. The van der Waals surface area contributed by atoms with E-state index in [4.69, 9.17) is 13.9 Å². The molecule has 0 aliphatic carbocycles. The van der Waals surface area contributed by atoms with Gasteiger partial charge in [0.25, 0.3) is 0 Å². The minimum Gasteiger partial charge on any atom is -0.494 e. The Hall–Kier alpha value is -2.79. The maximum atomic E-state index is 12.9. The van der Waals surface area contributed by atoms with Gasteiger partial charge in [-0.15, -0.1) is 10.2 Å². The topological polar surface area (TPSA) is 99.7 Å². The number of methoxy groups -OCH3 is 2. The molecule has 0 aliphatic heterocycles. The number of rotatable bonds is 9. The maximum Gasteiger partial charge on any atom is 0.246 e. The largest absolute Gasteiger partial charge is 0.494 e. The van der Waals surface area contributed by atoms with Gasteiger partial charge in [-0.25, -0.2) is 12.7 Å². The van der Waals surface area contributed by atoms with Crippen LogP contribution in [0, 0.1) is 6.92 Å². The molecule has 32 heavy (non-hydrogen) atoms. The van der Waals surface area contributed by atoms with Gasteiger partial charge in [-0.1, -0.05) is 25.7 Å². The molecule has 0 aliphatic rings. The molecule has 0 amide bonds. The molecule has 0 atom stereocenters. The van der Waals surface area contributed by atoms with E-state index in [1.165, 1.54) is 10.6 Å². The van der Waals surface area contributed by atoms with Crippen molar-refractivity contribution in [2.45, 2.75) is 32.6 Å². The number of para-hydroxylation sites is 1. The van der Waals surface area contributed by atoms with Crippen molar-refractivity contribution in [1.82, 2.24) is 14.8 Å². The fourth-order valence-corrected chi connectivity index (χ4v) is 5.16. The van der Waals surface area contributed by atoms with Crippen LogP contribution in [0.1, 0.15) is 5.76 Å². The fraction of sp³-hybridized carbons (Fsp3) is 0.429. The Bertz CT molecular complexity index is 1170. The van der Waals surface area contributed by atoms with E-state index in [1.807, 2.05) is 13.0 Å². The molecule has 0 N–H and O–H groups in total. The molecule has 0 saturated heterocycles. The van der Waals surface area contributed by atoms with Gasteiger partial charge in [-0.2, -0.15) is 0 Å². The quantitative estimate of drug-likeness (QED) is 0.429. The molecule has 0 bridgehead atoms. The first-order valence-corrected chi connectivity index (χ1v) is 15.7. The summed E-state index contributed by atoms with van der Waals surface area (Å²) >= 11 is 0. The van der Waals surface area contributed by atoms with Gasteiger partial charge in [0.2, 0.25) is 21.8 Å². The first kappa shape index (κ1) is 23.9. The van der Waals surface area contributed by atoms with E-state index in [0.717, 1.165) is 6.04 Å². The monoisotopic (exact) mass is 478 g/mol. The highest BCUT2D eigenvalue weighted by atomic mass is 32.2. The lowest BCUT2D eigenvalue weighted by Crippen LogP contribution is -2.37. The third kappa shape index (κ3) is 4.99.